The summed E-state index contributed by atoms with van der Waals surface area (Å²) in [7, 11) is 0. The van der Waals surface area contributed by atoms with Gasteiger partial charge in [-0.15, -0.1) is 0 Å². The van der Waals surface area contributed by atoms with Gasteiger partial charge in [0.1, 0.15) is 11.6 Å². The number of hydrogen-bond acceptors (Lipinski definition) is 5. The van der Waals surface area contributed by atoms with Gasteiger partial charge in [-0.3, -0.25) is 9.69 Å². The molecule has 3 rings (SSSR count). The van der Waals surface area contributed by atoms with Gasteiger partial charge in [0.2, 0.25) is 0 Å². The van der Waals surface area contributed by atoms with Gasteiger partial charge in [-0.05, 0) is 42.7 Å². The van der Waals surface area contributed by atoms with E-state index in [-0.39, 0.29) is 18.6 Å². The lowest BCUT2D eigenvalue weighted by molar-refractivity contribution is -0.123. The van der Waals surface area contributed by atoms with Crippen LogP contribution < -0.4 is 15.0 Å². The van der Waals surface area contributed by atoms with Crippen molar-refractivity contribution in [3.05, 3.63) is 54.2 Å². The van der Waals surface area contributed by atoms with Gasteiger partial charge in [0.25, 0.3) is 5.91 Å². The molecular formula is C23H32N4O2. The first-order valence-electron chi connectivity index (χ1n) is 10.4. The molecule has 1 aromatic heterocycles. The number of nitrogens with zero attached hydrogens (tertiary/aromatic N) is 3. The smallest absolute Gasteiger partial charge is 0.258 e. The summed E-state index contributed by atoms with van der Waals surface area (Å²) in [5.41, 5.74) is 1.21. The quantitative estimate of drug-likeness (QED) is 0.744. The molecule has 0 spiro atoms. The highest BCUT2D eigenvalue weighted by Gasteiger charge is 2.20. The van der Waals surface area contributed by atoms with E-state index in [4.69, 9.17) is 4.74 Å². The highest BCUT2D eigenvalue weighted by molar-refractivity contribution is 5.77. The Hall–Kier alpha value is -2.60. The molecule has 29 heavy (non-hydrogen) atoms. The largest absolute Gasteiger partial charge is 0.484 e. The monoisotopic (exact) mass is 396 g/mol. The molecule has 6 heteroatoms. The van der Waals surface area contributed by atoms with Crippen molar-refractivity contribution in [3.8, 4) is 5.75 Å². The van der Waals surface area contributed by atoms with Crippen molar-refractivity contribution in [1.29, 1.82) is 0 Å². The second kappa shape index (κ2) is 10.3. The van der Waals surface area contributed by atoms with Crippen molar-refractivity contribution in [2.45, 2.75) is 32.7 Å². The molecule has 1 atom stereocenters. The Kier molecular flexibility index (Phi) is 7.47. The number of anilines is 1. The summed E-state index contributed by atoms with van der Waals surface area (Å²) in [6.45, 7) is 11.0. The summed E-state index contributed by atoms with van der Waals surface area (Å²) in [6.07, 6.45) is 1.83. The Labute approximate surface area is 173 Å². The Morgan fingerprint density at radius 3 is 2.59 bits per heavy atom. The molecule has 1 N–H and O–H groups in total. The van der Waals surface area contributed by atoms with Crippen molar-refractivity contribution in [1.82, 2.24) is 15.2 Å². The lowest BCUT2D eigenvalue weighted by atomic mass is 10.0. The van der Waals surface area contributed by atoms with E-state index in [1.165, 1.54) is 5.56 Å². The molecule has 0 bridgehead atoms. The van der Waals surface area contributed by atoms with Crippen LogP contribution in [0.15, 0.2) is 48.7 Å². The molecule has 0 radical (unpaired) electrons. The third-order valence-electron chi connectivity index (χ3n) is 5.18. The lowest BCUT2D eigenvalue weighted by Gasteiger charge is -2.36. The molecule has 0 aliphatic carbocycles. The van der Waals surface area contributed by atoms with Gasteiger partial charge >= 0.3 is 0 Å². The Bertz CT molecular complexity index is 773. The number of amides is 1. The molecule has 1 unspecified atom stereocenters. The van der Waals surface area contributed by atoms with Crippen LogP contribution >= 0.6 is 0 Å². The molecule has 1 aliphatic heterocycles. The fourth-order valence-corrected chi connectivity index (χ4v) is 3.56. The second-order valence-electron chi connectivity index (χ2n) is 7.96. The highest BCUT2D eigenvalue weighted by atomic mass is 16.5. The Morgan fingerprint density at radius 2 is 1.90 bits per heavy atom. The number of benzene rings is 1. The molecule has 1 aliphatic rings. The van der Waals surface area contributed by atoms with Gasteiger partial charge in [-0.1, -0.05) is 32.0 Å². The maximum absolute atomic E-state index is 12.3. The third kappa shape index (κ3) is 6.46. The van der Waals surface area contributed by atoms with Crippen LogP contribution in [0.3, 0.4) is 0 Å². The molecular weight excluding hydrogens is 364 g/mol. The van der Waals surface area contributed by atoms with E-state index in [2.05, 4.69) is 46.1 Å². The van der Waals surface area contributed by atoms with Crippen LogP contribution in [-0.4, -0.2) is 61.2 Å². The number of carbonyl (C=O) groups is 1. The normalized spacial score (nSPS) is 15.9. The zero-order chi connectivity index (χ0) is 20.6. The third-order valence-corrected chi connectivity index (χ3v) is 5.18. The Morgan fingerprint density at radius 1 is 1.10 bits per heavy atom. The fraction of sp³-hybridized carbons (Fsp3) is 0.478. The SMILES string of the molecule is CC(CN1CCN(c2ccccn2)CC1)NC(=O)COc1cccc(C(C)C)c1. The van der Waals surface area contributed by atoms with Crippen LogP contribution in [0.4, 0.5) is 5.82 Å². The van der Waals surface area contributed by atoms with Gasteiger partial charge in [0, 0.05) is 45.0 Å². The minimum Gasteiger partial charge on any atom is -0.484 e. The van der Waals surface area contributed by atoms with E-state index in [0.717, 1.165) is 44.3 Å². The maximum atomic E-state index is 12.3. The van der Waals surface area contributed by atoms with Crippen LogP contribution in [0.1, 0.15) is 32.3 Å². The number of aromatic nitrogens is 1. The lowest BCUT2D eigenvalue weighted by Crippen LogP contribution is -2.51. The number of piperazine rings is 1. The van der Waals surface area contributed by atoms with Crippen LogP contribution in [-0.2, 0) is 4.79 Å². The Balaban J connectivity index is 1.38. The first-order valence-corrected chi connectivity index (χ1v) is 10.4. The predicted octanol–water partition coefficient (Wildman–Crippen LogP) is 2.91. The first-order chi connectivity index (χ1) is 14.0. The van der Waals surface area contributed by atoms with Crippen LogP contribution in [0, 0.1) is 0 Å². The van der Waals surface area contributed by atoms with E-state index in [1.807, 2.05) is 43.5 Å². The summed E-state index contributed by atoms with van der Waals surface area (Å²) in [6, 6.07) is 14.0. The molecule has 1 fully saturated rings. The zero-order valence-corrected chi connectivity index (χ0v) is 17.7. The zero-order valence-electron chi connectivity index (χ0n) is 17.7. The van der Waals surface area contributed by atoms with E-state index in [0.29, 0.717) is 5.92 Å². The number of rotatable bonds is 8. The summed E-state index contributed by atoms with van der Waals surface area (Å²) < 4.78 is 5.67. The van der Waals surface area contributed by atoms with E-state index in [9.17, 15) is 4.79 Å². The van der Waals surface area contributed by atoms with Crippen molar-refractivity contribution in [2.24, 2.45) is 0 Å². The average Bonchev–Trinajstić information content (AvgIpc) is 2.73. The van der Waals surface area contributed by atoms with Gasteiger partial charge in [0.05, 0.1) is 0 Å². The van der Waals surface area contributed by atoms with Gasteiger partial charge in [0.15, 0.2) is 6.61 Å². The van der Waals surface area contributed by atoms with Crippen molar-refractivity contribution in [3.63, 3.8) is 0 Å². The molecule has 2 aromatic rings. The van der Waals surface area contributed by atoms with Crippen molar-refractivity contribution >= 4 is 11.7 Å². The highest BCUT2D eigenvalue weighted by Crippen LogP contribution is 2.20. The molecule has 0 saturated carbocycles. The number of carbonyl (C=O) groups excluding carboxylic acids is 1. The average molecular weight is 397 g/mol. The standard InChI is InChI=1S/C23H32N4O2/c1-18(2)20-7-6-8-21(15-20)29-17-23(28)25-19(3)16-26-11-13-27(14-12-26)22-9-4-5-10-24-22/h4-10,15,18-19H,11-14,16-17H2,1-3H3,(H,25,28). The summed E-state index contributed by atoms with van der Waals surface area (Å²) in [4.78, 5) is 21.4. The topological polar surface area (TPSA) is 57.7 Å². The molecule has 156 valence electrons. The summed E-state index contributed by atoms with van der Waals surface area (Å²) in [5, 5.41) is 3.05. The predicted molar refractivity (Wildman–Crippen MR) is 117 cm³/mol. The number of nitrogens with one attached hydrogen (secondary N) is 1. The number of hydrogen-bond donors (Lipinski definition) is 1. The first kappa shape index (κ1) is 21.1. The van der Waals surface area contributed by atoms with Crippen LogP contribution in [0.5, 0.6) is 5.75 Å². The molecule has 6 nitrogen and oxygen atoms in total. The van der Waals surface area contributed by atoms with Crippen LogP contribution in [0.25, 0.3) is 0 Å². The molecule has 1 aromatic carbocycles. The van der Waals surface area contributed by atoms with Gasteiger partial charge in [-0.25, -0.2) is 4.98 Å². The van der Waals surface area contributed by atoms with Gasteiger partial charge < -0.3 is 15.0 Å². The maximum Gasteiger partial charge on any atom is 0.258 e. The summed E-state index contributed by atoms with van der Waals surface area (Å²) in [5.74, 6) is 2.13. The number of pyridine rings is 1. The molecule has 2 heterocycles. The summed E-state index contributed by atoms with van der Waals surface area (Å²) >= 11 is 0. The minimum absolute atomic E-state index is 0.0410. The van der Waals surface area contributed by atoms with E-state index >= 15 is 0 Å². The van der Waals surface area contributed by atoms with Crippen LogP contribution in [0.2, 0.25) is 0 Å². The van der Waals surface area contributed by atoms with Crippen molar-refractivity contribution < 1.29 is 9.53 Å². The van der Waals surface area contributed by atoms with Gasteiger partial charge in [-0.2, -0.15) is 0 Å². The molecule has 1 saturated heterocycles. The van der Waals surface area contributed by atoms with E-state index < -0.39 is 0 Å². The second-order valence-corrected chi connectivity index (χ2v) is 7.96. The van der Waals surface area contributed by atoms with Crippen molar-refractivity contribution in [2.75, 3.05) is 44.2 Å². The number of ether oxygens (including phenoxy) is 1. The minimum atomic E-state index is -0.0837. The fourth-order valence-electron chi connectivity index (χ4n) is 3.56. The van der Waals surface area contributed by atoms with E-state index in [1.54, 1.807) is 0 Å². The molecule has 1 amide bonds.